The van der Waals surface area contributed by atoms with Crippen LogP contribution in [0.1, 0.15) is 20.8 Å². The first-order chi connectivity index (χ1) is 13.1. The Morgan fingerprint density at radius 1 is 1.18 bits per heavy atom. The molecule has 0 amide bonds. The highest BCUT2D eigenvalue weighted by Gasteiger charge is 2.29. The van der Waals surface area contributed by atoms with Crippen molar-refractivity contribution in [2.24, 2.45) is 7.05 Å². The van der Waals surface area contributed by atoms with Crippen LogP contribution in [0, 0.1) is 0 Å². The van der Waals surface area contributed by atoms with Crippen LogP contribution in [0.5, 0.6) is 0 Å². The van der Waals surface area contributed by atoms with Crippen molar-refractivity contribution in [3.05, 3.63) is 41.6 Å². The number of halogens is 3. The summed E-state index contributed by atoms with van der Waals surface area (Å²) in [6.07, 6.45) is 0. The second-order valence-electron chi connectivity index (χ2n) is 5.58. The summed E-state index contributed by atoms with van der Waals surface area (Å²) in [5.74, 6) is -1.94. The molecule has 0 aliphatic carbocycles. The van der Waals surface area contributed by atoms with Gasteiger partial charge in [-0.2, -0.15) is 13.2 Å². The van der Waals surface area contributed by atoms with E-state index >= 15 is 0 Å². The number of fused-ring (bicyclic) bond motifs is 1. The van der Waals surface area contributed by atoms with Crippen molar-refractivity contribution in [3.63, 3.8) is 0 Å². The molecule has 2 aromatic heterocycles. The Morgan fingerprint density at radius 3 is 2.50 bits per heavy atom. The van der Waals surface area contributed by atoms with Crippen LogP contribution in [-0.2, 0) is 11.8 Å². The average Bonchev–Trinajstić information content (AvgIpc) is 2.95. The maximum atomic E-state index is 12.6. The fourth-order valence-corrected chi connectivity index (χ4v) is 3.19. The number of methoxy groups -OCH3 is 1. The average molecular weight is 411 g/mol. The van der Waals surface area contributed by atoms with E-state index in [4.69, 9.17) is 4.74 Å². The zero-order valence-corrected chi connectivity index (χ0v) is 15.3. The maximum Gasteiger partial charge on any atom is 0.446 e. The van der Waals surface area contributed by atoms with Crippen LogP contribution in [0.3, 0.4) is 0 Å². The molecule has 7 nitrogen and oxygen atoms in total. The minimum Gasteiger partial charge on any atom is -0.477 e. The lowest BCUT2D eigenvalue weighted by Gasteiger charge is -2.08. The quantitative estimate of drug-likeness (QED) is 0.516. The van der Waals surface area contributed by atoms with Gasteiger partial charge in [0.05, 0.1) is 23.7 Å². The molecule has 0 bridgehead atoms. The lowest BCUT2D eigenvalue weighted by molar-refractivity contribution is -0.0328. The Bertz CT molecular complexity index is 1100. The lowest BCUT2D eigenvalue weighted by atomic mass is 10.1. The molecule has 0 fully saturated rings. The lowest BCUT2D eigenvalue weighted by Crippen LogP contribution is -2.10. The van der Waals surface area contributed by atoms with Gasteiger partial charge in [0.15, 0.2) is 5.82 Å². The number of aromatic carboxylic acids is 1. The van der Waals surface area contributed by atoms with Gasteiger partial charge in [0.2, 0.25) is 0 Å². The third-order valence-electron chi connectivity index (χ3n) is 3.82. The third-order valence-corrected chi connectivity index (χ3v) is 4.54. The van der Waals surface area contributed by atoms with Crippen LogP contribution in [0.25, 0.3) is 22.6 Å². The van der Waals surface area contributed by atoms with Gasteiger partial charge >= 0.3 is 17.4 Å². The third kappa shape index (κ3) is 3.79. The van der Waals surface area contributed by atoms with Crippen LogP contribution in [-0.4, -0.2) is 44.2 Å². The topological polar surface area (TPSA) is 94.3 Å². The van der Waals surface area contributed by atoms with Gasteiger partial charge in [-0.05, 0) is 42.1 Å². The molecule has 2 heterocycles. The molecular weight excluding hydrogens is 399 g/mol. The van der Waals surface area contributed by atoms with E-state index in [0.29, 0.717) is 5.52 Å². The monoisotopic (exact) mass is 411 g/mol. The second-order valence-corrected chi connectivity index (χ2v) is 6.72. The molecule has 0 unspecified atom stereocenters. The summed E-state index contributed by atoms with van der Waals surface area (Å²) in [5.41, 5.74) is -4.10. The molecule has 0 aliphatic rings. The largest absolute Gasteiger partial charge is 0.477 e. The molecule has 146 valence electrons. The van der Waals surface area contributed by atoms with Crippen molar-refractivity contribution >= 4 is 34.7 Å². The number of pyridine rings is 1. The van der Waals surface area contributed by atoms with Crippen LogP contribution in [0.4, 0.5) is 13.2 Å². The summed E-state index contributed by atoms with van der Waals surface area (Å²) < 4.78 is 44.0. The summed E-state index contributed by atoms with van der Waals surface area (Å²) in [6, 6.07) is 6.42. The van der Waals surface area contributed by atoms with Crippen molar-refractivity contribution in [1.82, 2.24) is 14.5 Å². The number of carboxylic acids is 1. The minimum absolute atomic E-state index is 0.0178. The summed E-state index contributed by atoms with van der Waals surface area (Å²) >= 11 is -0.272. The Labute approximate surface area is 160 Å². The van der Waals surface area contributed by atoms with E-state index in [1.165, 1.54) is 28.8 Å². The number of carboxylic acid groups (broad SMARTS) is 1. The number of carbonyl (C=O) groups excluding carboxylic acids is 1. The molecule has 3 rings (SSSR count). The molecule has 0 spiro atoms. The molecule has 28 heavy (non-hydrogen) atoms. The summed E-state index contributed by atoms with van der Waals surface area (Å²) in [5, 5.41) is 9.18. The maximum absolute atomic E-state index is 12.6. The summed E-state index contributed by atoms with van der Waals surface area (Å²) in [7, 11) is 2.74. The number of hydrogen-bond acceptors (Lipinski definition) is 6. The highest BCUT2D eigenvalue weighted by atomic mass is 32.2. The van der Waals surface area contributed by atoms with E-state index in [-0.39, 0.29) is 44.9 Å². The van der Waals surface area contributed by atoms with Gasteiger partial charge in [0.1, 0.15) is 11.4 Å². The first-order valence-electron chi connectivity index (χ1n) is 7.66. The number of esters is 1. The van der Waals surface area contributed by atoms with Gasteiger partial charge in [-0.3, -0.25) is 0 Å². The molecule has 0 saturated heterocycles. The molecule has 11 heteroatoms. The van der Waals surface area contributed by atoms with Crippen LogP contribution >= 0.6 is 11.8 Å². The molecule has 0 atom stereocenters. The Balaban J connectivity index is 2.20. The second kappa shape index (κ2) is 7.15. The molecular formula is C17H12F3N3O4S. The number of aromatic nitrogens is 3. The smallest absolute Gasteiger partial charge is 0.446 e. The predicted octanol–water partition coefficient (Wildman–Crippen LogP) is 3.73. The number of alkyl halides is 3. The van der Waals surface area contributed by atoms with Crippen molar-refractivity contribution in [1.29, 1.82) is 0 Å². The first kappa shape index (κ1) is 19.7. The summed E-state index contributed by atoms with van der Waals surface area (Å²) in [4.78, 5) is 31.5. The highest BCUT2D eigenvalue weighted by Crippen LogP contribution is 2.38. The van der Waals surface area contributed by atoms with Crippen LogP contribution < -0.4 is 0 Å². The fourth-order valence-electron chi connectivity index (χ4n) is 2.61. The van der Waals surface area contributed by atoms with Crippen LogP contribution in [0.2, 0.25) is 0 Å². The number of carbonyl (C=O) groups is 2. The Morgan fingerprint density at radius 2 is 1.89 bits per heavy atom. The normalized spacial score (nSPS) is 11.6. The van der Waals surface area contributed by atoms with Gasteiger partial charge in [0, 0.05) is 11.9 Å². The van der Waals surface area contributed by atoms with Gasteiger partial charge in [0.25, 0.3) is 0 Å². The Hall–Kier alpha value is -3.08. The number of nitrogens with zero attached hydrogens (tertiary/aromatic N) is 3. The number of rotatable bonds is 4. The number of hydrogen-bond donors (Lipinski definition) is 1. The van der Waals surface area contributed by atoms with Crippen molar-refractivity contribution < 1.29 is 32.6 Å². The predicted molar refractivity (Wildman–Crippen MR) is 94.2 cm³/mol. The van der Waals surface area contributed by atoms with E-state index in [1.807, 2.05) is 0 Å². The highest BCUT2D eigenvalue weighted by molar-refractivity contribution is 8.00. The van der Waals surface area contributed by atoms with Gasteiger partial charge in [-0.25, -0.2) is 19.6 Å². The first-order valence-corrected chi connectivity index (χ1v) is 8.47. The molecule has 0 radical (unpaired) electrons. The Kier molecular flexibility index (Phi) is 5.02. The standard InChI is InChI=1S/C17H12F3N3O4S/c1-23-12-6-3-8(28-17(18,19)20)7-11(12)22-14(23)13-9(16(26)27-2)4-5-10(21-13)15(24)25/h3-7H,1-2H3,(H,24,25). The minimum atomic E-state index is -4.44. The number of benzene rings is 1. The number of aryl methyl sites for hydroxylation is 1. The zero-order valence-electron chi connectivity index (χ0n) is 14.4. The number of imidazole rings is 1. The van der Waals surface area contributed by atoms with Gasteiger partial charge in [-0.15, -0.1) is 0 Å². The van der Waals surface area contributed by atoms with Gasteiger partial charge < -0.3 is 14.4 Å². The van der Waals surface area contributed by atoms with E-state index in [2.05, 4.69) is 9.97 Å². The van der Waals surface area contributed by atoms with Crippen molar-refractivity contribution in [2.75, 3.05) is 7.11 Å². The van der Waals surface area contributed by atoms with E-state index in [9.17, 15) is 27.9 Å². The molecule has 0 saturated carbocycles. The zero-order chi connectivity index (χ0) is 20.6. The molecule has 0 aliphatic heterocycles. The fraction of sp³-hybridized carbons (Fsp3) is 0.176. The molecule has 1 aromatic carbocycles. The summed E-state index contributed by atoms with van der Waals surface area (Å²) in [6.45, 7) is 0. The number of thioether (sulfide) groups is 1. The molecule has 1 N–H and O–H groups in total. The van der Waals surface area contributed by atoms with Crippen LogP contribution in [0.15, 0.2) is 35.2 Å². The van der Waals surface area contributed by atoms with Crippen molar-refractivity contribution in [2.45, 2.75) is 10.4 Å². The van der Waals surface area contributed by atoms with E-state index < -0.39 is 17.4 Å². The van der Waals surface area contributed by atoms with E-state index in [0.717, 1.165) is 13.2 Å². The number of ether oxygens (including phenoxy) is 1. The molecule has 3 aromatic rings. The van der Waals surface area contributed by atoms with E-state index in [1.54, 1.807) is 7.05 Å². The SMILES string of the molecule is COC(=O)c1ccc(C(=O)O)nc1-c1nc2cc(SC(F)(F)F)ccc2n1C. The van der Waals surface area contributed by atoms with Gasteiger partial charge in [-0.1, -0.05) is 0 Å². The van der Waals surface area contributed by atoms with Crippen molar-refractivity contribution in [3.8, 4) is 11.5 Å².